The molecular formula is C9H21NOS. The first-order valence-corrected chi connectivity index (χ1v) is 5.98. The van der Waals surface area contributed by atoms with Gasteiger partial charge in [-0.05, 0) is 45.2 Å². The molecule has 0 rings (SSSR count). The van der Waals surface area contributed by atoms with Gasteiger partial charge in [-0.1, -0.05) is 0 Å². The zero-order valence-corrected chi connectivity index (χ0v) is 9.16. The molecule has 0 radical (unpaired) electrons. The van der Waals surface area contributed by atoms with Crippen molar-refractivity contribution in [2.24, 2.45) is 0 Å². The average Bonchev–Trinajstić information content (AvgIpc) is 2.03. The summed E-state index contributed by atoms with van der Waals surface area (Å²) in [6.07, 6.45) is 4.36. The second-order valence-corrected chi connectivity index (χ2v) is 4.17. The van der Waals surface area contributed by atoms with E-state index in [0.29, 0.717) is 0 Å². The van der Waals surface area contributed by atoms with Gasteiger partial charge in [0.05, 0.1) is 6.10 Å². The van der Waals surface area contributed by atoms with Gasteiger partial charge in [0.2, 0.25) is 0 Å². The minimum Gasteiger partial charge on any atom is -0.392 e. The van der Waals surface area contributed by atoms with Crippen molar-refractivity contribution in [3.05, 3.63) is 0 Å². The first-order chi connectivity index (χ1) is 5.68. The third kappa shape index (κ3) is 6.95. The molecule has 0 aromatic carbocycles. The lowest BCUT2D eigenvalue weighted by Crippen LogP contribution is -2.36. The van der Waals surface area contributed by atoms with Crippen molar-refractivity contribution in [1.29, 1.82) is 0 Å². The topological polar surface area (TPSA) is 32.3 Å². The second kappa shape index (κ2) is 7.90. The van der Waals surface area contributed by atoms with Crippen LogP contribution in [0.1, 0.15) is 26.7 Å². The molecule has 2 N–H and O–H groups in total. The summed E-state index contributed by atoms with van der Waals surface area (Å²) in [5.74, 6) is 1.24. The lowest BCUT2D eigenvalue weighted by atomic mass is 10.2. The summed E-state index contributed by atoms with van der Waals surface area (Å²) in [5, 5.41) is 12.4. The van der Waals surface area contributed by atoms with Crippen molar-refractivity contribution in [3.63, 3.8) is 0 Å². The van der Waals surface area contributed by atoms with Crippen molar-refractivity contribution >= 4 is 11.8 Å². The molecule has 0 aromatic rings. The summed E-state index contributed by atoms with van der Waals surface area (Å²) in [7, 11) is 0. The van der Waals surface area contributed by atoms with E-state index in [1.54, 1.807) is 0 Å². The van der Waals surface area contributed by atoms with E-state index in [1.165, 1.54) is 18.6 Å². The van der Waals surface area contributed by atoms with Crippen LogP contribution < -0.4 is 5.32 Å². The molecule has 0 aliphatic rings. The molecule has 0 fully saturated rings. The molecule has 2 atom stereocenters. The van der Waals surface area contributed by atoms with Crippen LogP contribution >= 0.6 is 11.8 Å². The number of aliphatic hydroxyl groups excluding tert-OH is 1. The quantitative estimate of drug-likeness (QED) is 0.598. The van der Waals surface area contributed by atoms with Crippen LogP contribution in [0.4, 0.5) is 0 Å². The lowest BCUT2D eigenvalue weighted by Gasteiger charge is -2.15. The summed E-state index contributed by atoms with van der Waals surface area (Å²) in [5.41, 5.74) is 0. The van der Waals surface area contributed by atoms with Crippen LogP contribution in [0.2, 0.25) is 0 Å². The normalized spacial score (nSPS) is 16.0. The Balaban J connectivity index is 3.08. The summed E-state index contributed by atoms with van der Waals surface area (Å²) >= 11 is 1.89. The summed E-state index contributed by atoms with van der Waals surface area (Å²) in [4.78, 5) is 0. The molecule has 74 valence electrons. The number of aliphatic hydroxyl groups is 1. The third-order valence-corrected chi connectivity index (χ3v) is 2.66. The molecule has 0 saturated heterocycles. The van der Waals surface area contributed by atoms with E-state index >= 15 is 0 Å². The number of rotatable bonds is 7. The van der Waals surface area contributed by atoms with Crippen LogP contribution in [0.25, 0.3) is 0 Å². The van der Waals surface area contributed by atoms with Gasteiger partial charge in [0.25, 0.3) is 0 Å². The molecule has 0 spiro atoms. The molecule has 0 saturated carbocycles. The number of hydrogen-bond acceptors (Lipinski definition) is 3. The third-order valence-electron chi connectivity index (χ3n) is 1.97. The van der Waals surface area contributed by atoms with Crippen molar-refractivity contribution in [3.8, 4) is 0 Å². The van der Waals surface area contributed by atoms with Gasteiger partial charge in [-0.15, -0.1) is 0 Å². The fraction of sp³-hybridized carbons (Fsp3) is 1.00. The Morgan fingerprint density at radius 2 is 2.00 bits per heavy atom. The Morgan fingerprint density at radius 1 is 1.33 bits per heavy atom. The number of thioether (sulfide) groups is 1. The first-order valence-electron chi connectivity index (χ1n) is 4.59. The fourth-order valence-electron chi connectivity index (χ4n) is 0.872. The molecule has 2 nitrogen and oxygen atoms in total. The molecule has 0 aliphatic heterocycles. The Hall–Kier alpha value is 0.270. The smallest absolute Gasteiger partial charge is 0.0662 e. The van der Waals surface area contributed by atoms with Crippen LogP contribution in [-0.4, -0.2) is 35.8 Å². The number of hydrogen-bond donors (Lipinski definition) is 2. The summed E-state index contributed by atoms with van der Waals surface area (Å²) in [6.45, 7) is 4.85. The summed E-state index contributed by atoms with van der Waals surface area (Å²) < 4.78 is 0. The maximum Gasteiger partial charge on any atom is 0.0662 e. The van der Waals surface area contributed by atoms with Crippen molar-refractivity contribution in [2.45, 2.75) is 38.8 Å². The van der Waals surface area contributed by atoms with E-state index in [2.05, 4.69) is 11.6 Å². The van der Waals surface area contributed by atoms with Gasteiger partial charge in [-0.3, -0.25) is 0 Å². The van der Waals surface area contributed by atoms with Gasteiger partial charge in [-0.2, -0.15) is 11.8 Å². The van der Waals surface area contributed by atoms with Crippen molar-refractivity contribution in [2.75, 3.05) is 18.6 Å². The van der Waals surface area contributed by atoms with Gasteiger partial charge < -0.3 is 10.4 Å². The second-order valence-electron chi connectivity index (χ2n) is 3.18. The van der Waals surface area contributed by atoms with Crippen molar-refractivity contribution < 1.29 is 5.11 Å². The molecular weight excluding hydrogens is 170 g/mol. The maximum absolute atomic E-state index is 9.16. The Bertz CT molecular complexity index is 98.5. The highest BCUT2D eigenvalue weighted by Crippen LogP contribution is 1.98. The highest BCUT2D eigenvalue weighted by atomic mass is 32.2. The zero-order chi connectivity index (χ0) is 9.40. The average molecular weight is 191 g/mol. The zero-order valence-electron chi connectivity index (χ0n) is 8.34. The fourth-order valence-corrected chi connectivity index (χ4v) is 1.36. The van der Waals surface area contributed by atoms with E-state index in [1.807, 2.05) is 25.6 Å². The standard InChI is InChI=1S/C9H21NOS/c1-8(9(2)11)10-6-4-5-7-12-3/h8-11H,4-7H2,1-3H3. The molecule has 2 unspecified atom stereocenters. The van der Waals surface area contributed by atoms with E-state index in [-0.39, 0.29) is 12.1 Å². The monoisotopic (exact) mass is 191 g/mol. The Morgan fingerprint density at radius 3 is 2.50 bits per heavy atom. The maximum atomic E-state index is 9.16. The van der Waals surface area contributed by atoms with E-state index in [4.69, 9.17) is 5.11 Å². The van der Waals surface area contributed by atoms with Gasteiger partial charge >= 0.3 is 0 Å². The molecule has 0 aromatic heterocycles. The van der Waals surface area contributed by atoms with Crippen LogP contribution in [-0.2, 0) is 0 Å². The van der Waals surface area contributed by atoms with Crippen molar-refractivity contribution in [1.82, 2.24) is 5.32 Å². The lowest BCUT2D eigenvalue weighted by molar-refractivity contribution is 0.153. The Labute approximate surface area is 80.1 Å². The van der Waals surface area contributed by atoms with Crippen LogP contribution in [0, 0.1) is 0 Å². The molecule has 0 heterocycles. The van der Waals surface area contributed by atoms with Crippen LogP contribution in [0.15, 0.2) is 0 Å². The molecule has 12 heavy (non-hydrogen) atoms. The summed E-state index contributed by atoms with van der Waals surface area (Å²) in [6, 6.07) is 0.222. The first kappa shape index (κ1) is 12.3. The molecule has 3 heteroatoms. The largest absolute Gasteiger partial charge is 0.392 e. The van der Waals surface area contributed by atoms with E-state index < -0.39 is 0 Å². The van der Waals surface area contributed by atoms with Crippen LogP contribution in [0.5, 0.6) is 0 Å². The number of nitrogens with one attached hydrogen (secondary N) is 1. The molecule has 0 amide bonds. The van der Waals surface area contributed by atoms with Gasteiger partial charge in [-0.25, -0.2) is 0 Å². The predicted molar refractivity (Wildman–Crippen MR) is 56.8 cm³/mol. The highest BCUT2D eigenvalue weighted by molar-refractivity contribution is 7.98. The van der Waals surface area contributed by atoms with Gasteiger partial charge in [0, 0.05) is 6.04 Å². The Kier molecular flexibility index (Phi) is 8.07. The minimum absolute atomic E-state index is 0.222. The van der Waals surface area contributed by atoms with Gasteiger partial charge in [0.15, 0.2) is 0 Å². The number of unbranched alkanes of at least 4 members (excludes halogenated alkanes) is 1. The van der Waals surface area contributed by atoms with Gasteiger partial charge in [0.1, 0.15) is 0 Å². The SMILES string of the molecule is CSCCCCNC(C)C(C)O. The predicted octanol–water partition coefficient (Wildman–Crippen LogP) is 1.49. The van der Waals surface area contributed by atoms with E-state index in [0.717, 1.165) is 6.54 Å². The molecule has 0 aliphatic carbocycles. The highest BCUT2D eigenvalue weighted by Gasteiger charge is 2.05. The van der Waals surface area contributed by atoms with E-state index in [9.17, 15) is 0 Å². The van der Waals surface area contributed by atoms with Crippen LogP contribution in [0.3, 0.4) is 0 Å². The molecule has 0 bridgehead atoms. The minimum atomic E-state index is -0.245.